The first-order valence-corrected chi connectivity index (χ1v) is 6.39. The fourth-order valence-corrected chi connectivity index (χ4v) is 1.77. The summed E-state index contributed by atoms with van der Waals surface area (Å²) in [5.74, 6) is 0. The first-order chi connectivity index (χ1) is 7.37. The largest absolute Gasteiger partial charge is 0.376 e. The van der Waals surface area contributed by atoms with Crippen molar-refractivity contribution in [2.24, 2.45) is 0 Å². The maximum absolute atomic E-state index is 5.92. The molecule has 1 N–H and O–H groups in total. The maximum atomic E-state index is 5.92. The summed E-state index contributed by atoms with van der Waals surface area (Å²) in [6.45, 7) is 12.4. The van der Waals surface area contributed by atoms with Gasteiger partial charge in [0.2, 0.25) is 0 Å². The lowest BCUT2D eigenvalue weighted by molar-refractivity contribution is -0.0327. The Morgan fingerprint density at radius 2 is 1.88 bits per heavy atom. The van der Waals surface area contributed by atoms with Crippen LogP contribution < -0.4 is 5.32 Å². The minimum atomic E-state index is 0.176. The second-order valence-corrected chi connectivity index (χ2v) is 5.97. The highest BCUT2D eigenvalue weighted by molar-refractivity contribution is 4.79. The topological polar surface area (TPSA) is 30.5 Å². The first-order valence-electron chi connectivity index (χ1n) is 6.39. The van der Waals surface area contributed by atoms with Gasteiger partial charge in [-0.15, -0.1) is 0 Å². The van der Waals surface area contributed by atoms with Gasteiger partial charge in [-0.3, -0.25) is 0 Å². The Morgan fingerprint density at radius 3 is 2.44 bits per heavy atom. The van der Waals surface area contributed by atoms with Crippen LogP contribution >= 0.6 is 0 Å². The molecule has 3 nitrogen and oxygen atoms in total. The van der Waals surface area contributed by atoms with E-state index in [1.165, 1.54) is 0 Å². The summed E-state index contributed by atoms with van der Waals surface area (Å²) in [5.41, 5.74) is 0.176. The SMILES string of the molecule is CC(C)OCC1CCC(CNC(C)(C)C)O1. The molecular formula is C13H27NO2. The predicted molar refractivity (Wildman–Crippen MR) is 66.7 cm³/mol. The smallest absolute Gasteiger partial charge is 0.0814 e. The molecule has 0 amide bonds. The Labute approximate surface area is 99.9 Å². The molecule has 0 saturated carbocycles. The highest BCUT2D eigenvalue weighted by atomic mass is 16.5. The molecule has 0 spiro atoms. The predicted octanol–water partition coefficient (Wildman–Crippen LogP) is 2.35. The van der Waals surface area contributed by atoms with Gasteiger partial charge >= 0.3 is 0 Å². The fraction of sp³-hybridized carbons (Fsp3) is 1.00. The van der Waals surface area contributed by atoms with E-state index in [9.17, 15) is 0 Å². The molecule has 2 unspecified atom stereocenters. The molecular weight excluding hydrogens is 202 g/mol. The summed E-state index contributed by atoms with van der Waals surface area (Å²) >= 11 is 0. The third-order valence-corrected chi connectivity index (χ3v) is 2.67. The van der Waals surface area contributed by atoms with E-state index in [-0.39, 0.29) is 5.54 Å². The lowest BCUT2D eigenvalue weighted by Gasteiger charge is -2.23. The minimum Gasteiger partial charge on any atom is -0.376 e. The van der Waals surface area contributed by atoms with Crippen LogP contribution in [-0.2, 0) is 9.47 Å². The fourth-order valence-electron chi connectivity index (χ4n) is 1.77. The Balaban J connectivity index is 2.15. The lowest BCUT2D eigenvalue weighted by atomic mass is 10.1. The van der Waals surface area contributed by atoms with Crippen molar-refractivity contribution >= 4 is 0 Å². The average Bonchev–Trinajstić information content (AvgIpc) is 2.58. The number of rotatable bonds is 5. The quantitative estimate of drug-likeness (QED) is 0.785. The van der Waals surface area contributed by atoms with Gasteiger partial charge in [-0.25, -0.2) is 0 Å². The molecule has 0 aromatic heterocycles. The van der Waals surface area contributed by atoms with Crippen LogP contribution in [0.4, 0.5) is 0 Å². The molecule has 0 bridgehead atoms. The van der Waals surface area contributed by atoms with Gasteiger partial charge in [0.15, 0.2) is 0 Å². The average molecular weight is 229 g/mol. The van der Waals surface area contributed by atoms with Gasteiger partial charge in [0.25, 0.3) is 0 Å². The van der Waals surface area contributed by atoms with Gasteiger partial charge in [-0.2, -0.15) is 0 Å². The van der Waals surface area contributed by atoms with E-state index in [1.54, 1.807) is 0 Å². The van der Waals surface area contributed by atoms with Gasteiger partial charge in [0, 0.05) is 12.1 Å². The van der Waals surface area contributed by atoms with Crippen molar-refractivity contribution in [1.82, 2.24) is 5.32 Å². The van der Waals surface area contributed by atoms with Crippen molar-refractivity contribution in [1.29, 1.82) is 0 Å². The van der Waals surface area contributed by atoms with Gasteiger partial charge in [-0.05, 0) is 47.5 Å². The zero-order valence-electron chi connectivity index (χ0n) is 11.4. The number of ether oxygens (including phenoxy) is 2. The number of hydrogen-bond acceptors (Lipinski definition) is 3. The third kappa shape index (κ3) is 5.83. The molecule has 1 rings (SSSR count). The lowest BCUT2D eigenvalue weighted by Crippen LogP contribution is -2.41. The summed E-state index contributed by atoms with van der Waals surface area (Å²) in [7, 11) is 0. The van der Waals surface area contributed by atoms with Gasteiger partial charge in [0.05, 0.1) is 24.9 Å². The Bertz CT molecular complexity index is 199. The van der Waals surface area contributed by atoms with Crippen molar-refractivity contribution in [3.05, 3.63) is 0 Å². The van der Waals surface area contributed by atoms with Crippen molar-refractivity contribution in [2.75, 3.05) is 13.2 Å². The van der Waals surface area contributed by atoms with Crippen molar-refractivity contribution in [3.8, 4) is 0 Å². The Kier molecular flexibility index (Phi) is 5.22. The molecule has 1 aliphatic rings. The molecule has 1 aliphatic heterocycles. The van der Waals surface area contributed by atoms with Crippen LogP contribution in [-0.4, -0.2) is 37.0 Å². The molecule has 96 valence electrons. The van der Waals surface area contributed by atoms with E-state index < -0.39 is 0 Å². The first kappa shape index (κ1) is 13.9. The van der Waals surface area contributed by atoms with Gasteiger partial charge in [-0.1, -0.05) is 0 Å². The minimum absolute atomic E-state index is 0.176. The van der Waals surface area contributed by atoms with Crippen molar-refractivity contribution in [2.45, 2.75) is 71.3 Å². The third-order valence-electron chi connectivity index (χ3n) is 2.67. The van der Waals surface area contributed by atoms with Crippen molar-refractivity contribution < 1.29 is 9.47 Å². The number of hydrogen-bond donors (Lipinski definition) is 1. The summed E-state index contributed by atoms with van der Waals surface area (Å²) in [4.78, 5) is 0. The standard InChI is InChI=1S/C13H27NO2/c1-10(2)15-9-12-7-6-11(16-12)8-14-13(3,4)5/h10-12,14H,6-9H2,1-5H3. The Hall–Kier alpha value is -0.120. The van der Waals surface area contributed by atoms with E-state index >= 15 is 0 Å². The van der Waals surface area contributed by atoms with Crippen LogP contribution in [0.2, 0.25) is 0 Å². The Morgan fingerprint density at radius 1 is 1.25 bits per heavy atom. The van der Waals surface area contributed by atoms with Crippen LogP contribution in [0.5, 0.6) is 0 Å². The van der Waals surface area contributed by atoms with E-state index in [1.807, 2.05) is 0 Å². The molecule has 1 fully saturated rings. The maximum Gasteiger partial charge on any atom is 0.0814 e. The molecule has 1 saturated heterocycles. The summed E-state index contributed by atoms with van der Waals surface area (Å²) in [6.07, 6.45) is 3.24. The second-order valence-electron chi connectivity index (χ2n) is 5.97. The highest BCUT2D eigenvalue weighted by Gasteiger charge is 2.26. The number of nitrogens with one attached hydrogen (secondary N) is 1. The van der Waals surface area contributed by atoms with Gasteiger partial charge in [0.1, 0.15) is 0 Å². The zero-order valence-corrected chi connectivity index (χ0v) is 11.4. The van der Waals surface area contributed by atoms with Crippen LogP contribution in [0.15, 0.2) is 0 Å². The van der Waals surface area contributed by atoms with Crippen LogP contribution in [0, 0.1) is 0 Å². The molecule has 1 heterocycles. The van der Waals surface area contributed by atoms with Crippen LogP contribution in [0.25, 0.3) is 0 Å². The molecule has 2 atom stereocenters. The summed E-state index contributed by atoms with van der Waals surface area (Å²) in [5, 5.41) is 3.48. The van der Waals surface area contributed by atoms with E-state index in [0.717, 1.165) is 26.0 Å². The summed E-state index contributed by atoms with van der Waals surface area (Å²) < 4.78 is 11.5. The monoisotopic (exact) mass is 229 g/mol. The normalized spacial score (nSPS) is 26.6. The zero-order chi connectivity index (χ0) is 12.2. The highest BCUT2D eigenvalue weighted by Crippen LogP contribution is 2.20. The molecule has 16 heavy (non-hydrogen) atoms. The molecule has 0 aromatic carbocycles. The second kappa shape index (κ2) is 5.99. The van der Waals surface area contributed by atoms with E-state index in [4.69, 9.17) is 9.47 Å². The van der Waals surface area contributed by atoms with Crippen LogP contribution in [0.3, 0.4) is 0 Å². The van der Waals surface area contributed by atoms with E-state index in [2.05, 4.69) is 39.9 Å². The van der Waals surface area contributed by atoms with Crippen LogP contribution in [0.1, 0.15) is 47.5 Å². The summed E-state index contributed by atoms with van der Waals surface area (Å²) in [6, 6.07) is 0. The van der Waals surface area contributed by atoms with Gasteiger partial charge < -0.3 is 14.8 Å². The van der Waals surface area contributed by atoms with Crippen molar-refractivity contribution in [3.63, 3.8) is 0 Å². The molecule has 3 heteroatoms. The van der Waals surface area contributed by atoms with E-state index in [0.29, 0.717) is 18.3 Å². The molecule has 0 aliphatic carbocycles. The molecule has 0 radical (unpaired) electrons. The molecule has 0 aromatic rings.